The van der Waals surface area contributed by atoms with E-state index in [1.807, 2.05) is 10.7 Å². The van der Waals surface area contributed by atoms with Crippen molar-refractivity contribution in [2.45, 2.75) is 32.1 Å². The van der Waals surface area contributed by atoms with Gasteiger partial charge >= 0.3 is 6.61 Å². The highest BCUT2D eigenvalue weighted by Crippen LogP contribution is 2.29. The van der Waals surface area contributed by atoms with E-state index in [0.29, 0.717) is 17.7 Å². The average Bonchev–Trinajstić information content (AvgIpc) is 3.27. The van der Waals surface area contributed by atoms with Crippen LogP contribution in [-0.4, -0.2) is 34.1 Å². The summed E-state index contributed by atoms with van der Waals surface area (Å²) < 4.78 is 50.2. The number of alkyl halides is 2. The molecule has 1 atom stereocenters. The van der Waals surface area contributed by atoms with Crippen LogP contribution >= 0.6 is 0 Å². The van der Waals surface area contributed by atoms with Crippen LogP contribution in [0.25, 0.3) is 22.2 Å². The van der Waals surface area contributed by atoms with E-state index in [9.17, 15) is 13.2 Å². The van der Waals surface area contributed by atoms with Gasteiger partial charge in [-0.25, -0.2) is 4.39 Å². The number of nitrogens with zero attached hydrogens (tertiary/aromatic N) is 3. The molecule has 0 spiro atoms. The second kappa shape index (κ2) is 6.95. The summed E-state index contributed by atoms with van der Waals surface area (Å²) in [6.07, 6.45) is 5.42. The summed E-state index contributed by atoms with van der Waals surface area (Å²) in [5, 5.41) is 4.35. The van der Waals surface area contributed by atoms with Gasteiger partial charge in [0.2, 0.25) is 0 Å². The van der Waals surface area contributed by atoms with Gasteiger partial charge in [-0.05, 0) is 36.6 Å². The average molecular weight is 363 g/mol. The standard InChI is InChI=1S/C18H16F3N3O2/c19-14-4-3-11(7-17(14)26-18(20)21)12-6-16-15(22-8-12)9-23-24(16)10-13-2-1-5-25-13/h3-4,6-9,13,18H,1-2,5,10H2. The number of rotatable bonds is 5. The monoisotopic (exact) mass is 363 g/mol. The van der Waals surface area contributed by atoms with Crippen molar-refractivity contribution >= 4 is 11.0 Å². The molecule has 2 aromatic heterocycles. The van der Waals surface area contributed by atoms with Gasteiger partial charge in [0.1, 0.15) is 5.52 Å². The predicted octanol–water partition coefficient (Wildman–Crippen LogP) is 4.02. The molecule has 1 aliphatic heterocycles. The van der Waals surface area contributed by atoms with Crippen molar-refractivity contribution in [1.29, 1.82) is 0 Å². The van der Waals surface area contributed by atoms with E-state index in [0.717, 1.165) is 36.5 Å². The molecular weight excluding hydrogens is 347 g/mol. The van der Waals surface area contributed by atoms with Gasteiger partial charge in [-0.2, -0.15) is 13.9 Å². The molecule has 26 heavy (non-hydrogen) atoms. The summed E-state index contributed by atoms with van der Waals surface area (Å²) in [7, 11) is 0. The lowest BCUT2D eigenvalue weighted by molar-refractivity contribution is -0.0521. The maximum absolute atomic E-state index is 13.6. The van der Waals surface area contributed by atoms with Crippen LogP contribution in [0.5, 0.6) is 5.75 Å². The number of hydrogen-bond acceptors (Lipinski definition) is 4. The Balaban J connectivity index is 1.68. The molecule has 1 saturated heterocycles. The highest BCUT2D eigenvalue weighted by molar-refractivity contribution is 5.80. The molecule has 8 heteroatoms. The Bertz CT molecular complexity index is 923. The summed E-state index contributed by atoms with van der Waals surface area (Å²) in [4.78, 5) is 4.36. The van der Waals surface area contributed by atoms with Crippen LogP contribution in [0.2, 0.25) is 0 Å². The Morgan fingerprint density at radius 3 is 2.88 bits per heavy atom. The number of fused-ring (bicyclic) bond motifs is 1. The largest absolute Gasteiger partial charge is 0.432 e. The van der Waals surface area contributed by atoms with Crippen LogP contribution in [0.1, 0.15) is 12.8 Å². The van der Waals surface area contributed by atoms with Crippen molar-refractivity contribution in [3.05, 3.63) is 42.5 Å². The molecule has 0 saturated carbocycles. The van der Waals surface area contributed by atoms with Crippen LogP contribution in [0.4, 0.5) is 13.2 Å². The molecular formula is C18H16F3N3O2. The Kier molecular flexibility index (Phi) is 4.50. The summed E-state index contributed by atoms with van der Waals surface area (Å²) in [6, 6.07) is 5.69. The first-order valence-electron chi connectivity index (χ1n) is 8.28. The Labute approximate surface area is 147 Å². The fourth-order valence-electron chi connectivity index (χ4n) is 3.11. The molecule has 1 fully saturated rings. The molecule has 0 aliphatic carbocycles. The first kappa shape index (κ1) is 16.8. The first-order chi connectivity index (χ1) is 12.6. The third kappa shape index (κ3) is 3.37. The molecule has 0 bridgehead atoms. The van der Waals surface area contributed by atoms with Gasteiger partial charge < -0.3 is 9.47 Å². The lowest BCUT2D eigenvalue weighted by Gasteiger charge is -2.11. The summed E-state index contributed by atoms with van der Waals surface area (Å²) in [5.41, 5.74) is 2.71. The zero-order valence-corrected chi connectivity index (χ0v) is 13.7. The third-order valence-corrected chi connectivity index (χ3v) is 4.38. The van der Waals surface area contributed by atoms with E-state index in [-0.39, 0.29) is 6.10 Å². The lowest BCUT2D eigenvalue weighted by atomic mass is 10.1. The lowest BCUT2D eigenvalue weighted by Crippen LogP contribution is -2.15. The number of benzene rings is 1. The van der Waals surface area contributed by atoms with Gasteiger partial charge in [-0.1, -0.05) is 6.07 Å². The van der Waals surface area contributed by atoms with Gasteiger partial charge in [-0.15, -0.1) is 0 Å². The van der Waals surface area contributed by atoms with Crippen LogP contribution in [0, 0.1) is 5.82 Å². The number of hydrogen-bond donors (Lipinski definition) is 0. The normalized spacial score (nSPS) is 17.3. The van der Waals surface area contributed by atoms with Gasteiger partial charge in [0, 0.05) is 18.4 Å². The molecule has 1 aromatic carbocycles. The van der Waals surface area contributed by atoms with Crippen molar-refractivity contribution < 1.29 is 22.6 Å². The van der Waals surface area contributed by atoms with Crippen LogP contribution in [-0.2, 0) is 11.3 Å². The van der Waals surface area contributed by atoms with Gasteiger partial charge in [0.25, 0.3) is 0 Å². The Morgan fingerprint density at radius 2 is 2.12 bits per heavy atom. The second-order valence-electron chi connectivity index (χ2n) is 6.11. The molecule has 0 amide bonds. The maximum Gasteiger partial charge on any atom is 0.387 e. The zero-order chi connectivity index (χ0) is 18.1. The SMILES string of the molecule is Fc1ccc(-c2cnc3cnn(CC4CCCO4)c3c2)cc1OC(F)F. The molecule has 1 aliphatic rings. The Hall–Kier alpha value is -2.61. The minimum absolute atomic E-state index is 0.124. The molecule has 3 aromatic rings. The topological polar surface area (TPSA) is 49.2 Å². The fourth-order valence-corrected chi connectivity index (χ4v) is 3.11. The zero-order valence-electron chi connectivity index (χ0n) is 13.7. The van der Waals surface area contributed by atoms with Crippen molar-refractivity contribution in [1.82, 2.24) is 14.8 Å². The van der Waals surface area contributed by atoms with Crippen LogP contribution in [0.3, 0.4) is 0 Å². The fraction of sp³-hybridized carbons (Fsp3) is 0.333. The van der Waals surface area contributed by atoms with Gasteiger partial charge in [0.05, 0.1) is 24.4 Å². The third-order valence-electron chi connectivity index (χ3n) is 4.38. The predicted molar refractivity (Wildman–Crippen MR) is 88.5 cm³/mol. The molecule has 3 heterocycles. The second-order valence-corrected chi connectivity index (χ2v) is 6.11. The van der Waals surface area contributed by atoms with Crippen molar-refractivity contribution in [3.63, 3.8) is 0 Å². The quantitative estimate of drug-likeness (QED) is 0.687. The van der Waals surface area contributed by atoms with E-state index in [2.05, 4.69) is 14.8 Å². The summed E-state index contributed by atoms with van der Waals surface area (Å²) in [5.74, 6) is -1.34. The molecule has 0 radical (unpaired) electrons. The van der Waals surface area contributed by atoms with E-state index >= 15 is 0 Å². The summed E-state index contributed by atoms with van der Waals surface area (Å²) in [6.45, 7) is -1.71. The Morgan fingerprint density at radius 1 is 1.23 bits per heavy atom. The molecule has 1 unspecified atom stereocenters. The summed E-state index contributed by atoms with van der Waals surface area (Å²) >= 11 is 0. The van der Waals surface area contributed by atoms with Crippen molar-refractivity contribution in [2.75, 3.05) is 6.61 Å². The van der Waals surface area contributed by atoms with Gasteiger partial charge in [0.15, 0.2) is 11.6 Å². The minimum Gasteiger partial charge on any atom is -0.432 e. The number of aromatic nitrogens is 3. The molecule has 4 rings (SSSR count). The van der Waals surface area contributed by atoms with E-state index in [1.165, 1.54) is 12.1 Å². The van der Waals surface area contributed by atoms with Gasteiger partial charge in [-0.3, -0.25) is 9.67 Å². The van der Waals surface area contributed by atoms with Crippen molar-refractivity contribution in [3.8, 4) is 16.9 Å². The number of halogens is 3. The number of pyridine rings is 1. The molecule has 5 nitrogen and oxygen atoms in total. The number of ether oxygens (including phenoxy) is 2. The smallest absolute Gasteiger partial charge is 0.387 e. The van der Waals surface area contributed by atoms with E-state index in [4.69, 9.17) is 4.74 Å². The van der Waals surface area contributed by atoms with Crippen LogP contribution in [0.15, 0.2) is 36.7 Å². The maximum atomic E-state index is 13.6. The first-order valence-corrected chi connectivity index (χ1v) is 8.28. The van der Waals surface area contributed by atoms with Crippen LogP contribution < -0.4 is 4.74 Å². The molecule has 0 N–H and O–H groups in total. The van der Waals surface area contributed by atoms with Crippen molar-refractivity contribution in [2.24, 2.45) is 0 Å². The molecule has 136 valence electrons. The van der Waals surface area contributed by atoms with E-state index in [1.54, 1.807) is 12.4 Å². The highest BCUT2D eigenvalue weighted by Gasteiger charge is 2.18. The minimum atomic E-state index is -3.09. The highest BCUT2D eigenvalue weighted by atomic mass is 19.3. The van der Waals surface area contributed by atoms with E-state index < -0.39 is 18.2 Å².